The summed E-state index contributed by atoms with van der Waals surface area (Å²) in [5.41, 5.74) is 0.934. The lowest BCUT2D eigenvalue weighted by atomic mass is 10.1. The third kappa shape index (κ3) is 2.82. The molecule has 20 heavy (non-hydrogen) atoms. The number of rotatable bonds is 5. The number of benzene rings is 1. The predicted molar refractivity (Wildman–Crippen MR) is 68.4 cm³/mol. The zero-order chi connectivity index (χ0) is 14.5. The van der Waals surface area contributed by atoms with Crippen molar-refractivity contribution >= 4 is 11.8 Å². The highest BCUT2D eigenvalue weighted by molar-refractivity contribution is 5.89. The van der Waals surface area contributed by atoms with Gasteiger partial charge in [-0.1, -0.05) is 30.3 Å². The second-order valence-corrected chi connectivity index (χ2v) is 3.95. The van der Waals surface area contributed by atoms with Crippen molar-refractivity contribution in [2.45, 2.75) is 13.3 Å². The van der Waals surface area contributed by atoms with E-state index < -0.39 is 16.7 Å². The number of carbonyl (C=O) groups excluding carboxylic acids is 1. The highest BCUT2D eigenvalue weighted by atomic mass is 16.6. The largest absolute Gasteiger partial charge is 0.460 e. The van der Waals surface area contributed by atoms with Gasteiger partial charge in [0.15, 0.2) is 5.16 Å². The van der Waals surface area contributed by atoms with Crippen LogP contribution in [-0.4, -0.2) is 22.7 Å². The highest BCUT2D eigenvalue weighted by Gasteiger charge is 2.31. The molecule has 2 aromatic rings. The first-order valence-electron chi connectivity index (χ1n) is 5.97. The Morgan fingerprint density at radius 2 is 2.10 bits per heavy atom. The van der Waals surface area contributed by atoms with Crippen LogP contribution in [0.25, 0.3) is 0 Å². The van der Waals surface area contributed by atoms with E-state index in [4.69, 9.17) is 9.26 Å². The first-order chi connectivity index (χ1) is 9.63. The van der Waals surface area contributed by atoms with Crippen LogP contribution in [0, 0.1) is 10.1 Å². The Kier molecular flexibility index (Phi) is 4.09. The molecule has 0 saturated carbocycles. The van der Waals surface area contributed by atoms with E-state index in [1.54, 1.807) is 31.2 Å². The molecule has 2 rings (SSSR count). The van der Waals surface area contributed by atoms with Gasteiger partial charge in [0.25, 0.3) is 5.76 Å². The van der Waals surface area contributed by atoms with Crippen LogP contribution in [0.2, 0.25) is 0 Å². The molecule has 0 unspecified atom stereocenters. The maximum absolute atomic E-state index is 11.7. The minimum atomic E-state index is -0.751. The van der Waals surface area contributed by atoms with Crippen molar-refractivity contribution in [2.75, 3.05) is 6.61 Å². The fraction of sp³-hybridized carbons (Fsp3) is 0.231. The number of nitro groups is 1. The molecule has 1 heterocycles. The summed E-state index contributed by atoms with van der Waals surface area (Å²) < 4.78 is 9.58. The van der Waals surface area contributed by atoms with Crippen molar-refractivity contribution in [3.05, 3.63) is 57.3 Å². The minimum absolute atomic E-state index is 0.125. The Morgan fingerprint density at radius 3 is 2.70 bits per heavy atom. The lowest BCUT2D eigenvalue weighted by Gasteiger charge is -2.01. The maximum atomic E-state index is 11.7. The zero-order valence-corrected chi connectivity index (χ0v) is 10.7. The van der Waals surface area contributed by atoms with Crippen LogP contribution in [0.1, 0.15) is 28.6 Å². The van der Waals surface area contributed by atoms with Gasteiger partial charge in [-0.15, -0.1) is 0 Å². The topological polar surface area (TPSA) is 95.5 Å². The van der Waals surface area contributed by atoms with E-state index in [9.17, 15) is 14.9 Å². The van der Waals surface area contributed by atoms with Crippen LogP contribution >= 0.6 is 0 Å². The van der Waals surface area contributed by atoms with Gasteiger partial charge in [0.05, 0.1) is 6.61 Å². The second kappa shape index (κ2) is 5.96. The molecule has 0 bridgehead atoms. The molecule has 0 aliphatic heterocycles. The van der Waals surface area contributed by atoms with E-state index in [-0.39, 0.29) is 24.4 Å². The Morgan fingerprint density at radius 1 is 1.40 bits per heavy atom. The second-order valence-electron chi connectivity index (χ2n) is 3.95. The van der Waals surface area contributed by atoms with E-state index in [1.165, 1.54) is 0 Å². The number of ether oxygens (including phenoxy) is 1. The van der Waals surface area contributed by atoms with Crippen LogP contribution in [-0.2, 0) is 11.2 Å². The fourth-order valence-corrected chi connectivity index (χ4v) is 1.76. The summed E-state index contributed by atoms with van der Waals surface area (Å²) in [7, 11) is 0. The van der Waals surface area contributed by atoms with Crippen molar-refractivity contribution < 1.29 is 19.0 Å². The molecule has 0 N–H and O–H groups in total. The SMILES string of the molecule is CCOC(=O)c1onc([N+](=O)[O-])c1Cc1ccccc1. The molecule has 0 fully saturated rings. The molecule has 1 aromatic carbocycles. The number of carbonyl (C=O) groups is 1. The monoisotopic (exact) mass is 276 g/mol. The van der Waals surface area contributed by atoms with E-state index in [1.807, 2.05) is 6.07 Å². The Hall–Kier alpha value is -2.70. The van der Waals surface area contributed by atoms with Gasteiger partial charge in [-0.25, -0.2) is 9.32 Å². The molecule has 0 aliphatic rings. The summed E-state index contributed by atoms with van der Waals surface area (Å²) in [5, 5.41) is 14.3. The minimum Gasteiger partial charge on any atom is -0.460 e. The fourth-order valence-electron chi connectivity index (χ4n) is 1.76. The van der Waals surface area contributed by atoms with Crippen molar-refractivity contribution in [3.8, 4) is 0 Å². The number of nitrogens with zero attached hydrogens (tertiary/aromatic N) is 2. The van der Waals surface area contributed by atoms with Gasteiger partial charge >= 0.3 is 11.8 Å². The molecule has 0 atom stereocenters. The van der Waals surface area contributed by atoms with Crippen LogP contribution < -0.4 is 0 Å². The van der Waals surface area contributed by atoms with Crippen LogP contribution in [0.15, 0.2) is 34.9 Å². The van der Waals surface area contributed by atoms with Crippen molar-refractivity contribution in [2.24, 2.45) is 0 Å². The molecule has 0 saturated heterocycles. The molecule has 0 amide bonds. The Labute approximate surface area is 114 Å². The first-order valence-corrected chi connectivity index (χ1v) is 5.97. The van der Waals surface area contributed by atoms with Gasteiger partial charge in [0, 0.05) is 6.42 Å². The molecule has 1 aromatic heterocycles. The number of hydrogen-bond donors (Lipinski definition) is 0. The number of esters is 1. The lowest BCUT2D eigenvalue weighted by Crippen LogP contribution is -2.07. The molecule has 0 aliphatic carbocycles. The zero-order valence-electron chi connectivity index (χ0n) is 10.7. The molecular formula is C13H12N2O5. The van der Waals surface area contributed by atoms with Crippen LogP contribution in [0.5, 0.6) is 0 Å². The van der Waals surface area contributed by atoms with E-state index in [0.29, 0.717) is 0 Å². The molecule has 7 nitrogen and oxygen atoms in total. The first kappa shape index (κ1) is 13.7. The van der Waals surface area contributed by atoms with Crippen molar-refractivity contribution in [3.63, 3.8) is 0 Å². The summed E-state index contributed by atoms with van der Waals surface area (Å²) in [6, 6.07) is 9.03. The number of hydrogen-bond acceptors (Lipinski definition) is 6. The van der Waals surface area contributed by atoms with Crippen LogP contribution in [0.3, 0.4) is 0 Å². The highest BCUT2D eigenvalue weighted by Crippen LogP contribution is 2.25. The van der Waals surface area contributed by atoms with Gasteiger partial charge < -0.3 is 14.9 Å². The third-order valence-electron chi connectivity index (χ3n) is 2.62. The predicted octanol–water partition coefficient (Wildman–Crippen LogP) is 2.35. The van der Waals surface area contributed by atoms with Gasteiger partial charge in [0.1, 0.15) is 5.56 Å². The molecular weight excluding hydrogens is 264 g/mol. The summed E-state index contributed by atoms with van der Waals surface area (Å²) in [4.78, 5) is 22.0. The summed E-state index contributed by atoms with van der Waals surface area (Å²) in [6.45, 7) is 1.79. The van der Waals surface area contributed by atoms with Gasteiger partial charge in [-0.3, -0.25) is 0 Å². The van der Waals surface area contributed by atoms with Crippen molar-refractivity contribution in [1.29, 1.82) is 0 Å². The smallest absolute Gasteiger partial charge is 0.417 e. The normalized spacial score (nSPS) is 10.2. The molecule has 7 heteroatoms. The van der Waals surface area contributed by atoms with Gasteiger partial charge in [0.2, 0.25) is 0 Å². The van der Waals surface area contributed by atoms with Crippen LogP contribution in [0.4, 0.5) is 5.82 Å². The van der Waals surface area contributed by atoms with E-state index in [0.717, 1.165) is 5.56 Å². The maximum Gasteiger partial charge on any atom is 0.417 e. The summed E-state index contributed by atoms with van der Waals surface area (Å²) in [5.74, 6) is -1.43. The molecule has 0 radical (unpaired) electrons. The molecule has 104 valence electrons. The quantitative estimate of drug-likeness (QED) is 0.472. The Bertz CT molecular complexity index is 621. The Balaban J connectivity index is 2.39. The summed E-state index contributed by atoms with van der Waals surface area (Å²) in [6.07, 6.45) is 0.175. The van der Waals surface area contributed by atoms with E-state index >= 15 is 0 Å². The van der Waals surface area contributed by atoms with E-state index in [2.05, 4.69) is 5.16 Å². The third-order valence-corrected chi connectivity index (χ3v) is 2.62. The molecule has 0 spiro atoms. The number of aromatic nitrogens is 1. The summed E-state index contributed by atoms with van der Waals surface area (Å²) >= 11 is 0. The van der Waals surface area contributed by atoms with Gasteiger partial charge in [-0.2, -0.15) is 0 Å². The average molecular weight is 276 g/mol. The average Bonchev–Trinajstić information content (AvgIpc) is 2.84. The standard InChI is InChI=1S/C13H12N2O5/c1-2-19-13(16)11-10(12(14-20-11)15(17)18)8-9-6-4-3-5-7-9/h3-7H,2,8H2,1H3. The van der Waals surface area contributed by atoms with Crippen molar-refractivity contribution in [1.82, 2.24) is 5.16 Å². The lowest BCUT2D eigenvalue weighted by molar-refractivity contribution is -0.391. The van der Waals surface area contributed by atoms with Gasteiger partial charge in [-0.05, 0) is 17.4 Å².